The van der Waals surface area contributed by atoms with E-state index in [4.69, 9.17) is 4.98 Å². The van der Waals surface area contributed by atoms with Crippen LogP contribution in [0.15, 0.2) is 61.6 Å². The monoisotopic (exact) mass is 371 g/mol. The fourth-order valence-corrected chi connectivity index (χ4v) is 3.17. The largest absolute Gasteiger partial charge is 0.331 e. The van der Waals surface area contributed by atoms with Crippen molar-refractivity contribution in [3.05, 3.63) is 67.4 Å². The van der Waals surface area contributed by atoms with Crippen LogP contribution in [-0.4, -0.2) is 34.5 Å². The first-order valence-electron chi connectivity index (χ1n) is 8.58. The molecule has 136 valence electrons. The molecular formula is C20H14FN7. The van der Waals surface area contributed by atoms with E-state index in [1.54, 1.807) is 37.2 Å². The number of nitrogens with zero attached hydrogens (tertiary/aromatic N) is 6. The van der Waals surface area contributed by atoms with Crippen LogP contribution in [0.2, 0.25) is 0 Å². The van der Waals surface area contributed by atoms with Gasteiger partial charge in [-0.25, -0.2) is 19.3 Å². The van der Waals surface area contributed by atoms with E-state index in [1.807, 2.05) is 29.8 Å². The normalized spacial score (nSPS) is 11.2. The topological polar surface area (TPSA) is 85.2 Å². The molecule has 5 aromatic rings. The zero-order valence-electron chi connectivity index (χ0n) is 14.8. The van der Waals surface area contributed by atoms with Gasteiger partial charge in [-0.15, -0.1) is 0 Å². The molecule has 0 atom stereocenters. The molecule has 0 saturated carbocycles. The molecule has 0 aliphatic carbocycles. The van der Waals surface area contributed by atoms with Crippen molar-refractivity contribution in [3.8, 4) is 33.9 Å². The van der Waals surface area contributed by atoms with Crippen LogP contribution in [0.4, 0.5) is 4.39 Å². The van der Waals surface area contributed by atoms with Crippen LogP contribution in [0.3, 0.4) is 0 Å². The van der Waals surface area contributed by atoms with Crippen molar-refractivity contribution >= 4 is 11.2 Å². The van der Waals surface area contributed by atoms with Crippen LogP contribution >= 0.6 is 0 Å². The van der Waals surface area contributed by atoms with Gasteiger partial charge in [0.05, 0.1) is 24.4 Å². The zero-order chi connectivity index (χ0) is 19.1. The lowest BCUT2D eigenvalue weighted by Gasteiger charge is -2.09. The molecule has 7 nitrogen and oxygen atoms in total. The maximum Gasteiger partial charge on any atom is 0.158 e. The number of nitrogens with one attached hydrogen (secondary N) is 1. The van der Waals surface area contributed by atoms with E-state index < -0.39 is 5.82 Å². The minimum Gasteiger partial charge on any atom is -0.331 e. The predicted molar refractivity (Wildman–Crippen MR) is 103 cm³/mol. The van der Waals surface area contributed by atoms with Crippen LogP contribution in [0, 0.1) is 5.82 Å². The first-order chi connectivity index (χ1) is 13.7. The Bertz CT molecular complexity index is 1290. The number of pyridine rings is 3. The molecule has 0 unspecified atom stereocenters. The first kappa shape index (κ1) is 16.2. The molecular weight excluding hydrogens is 357 g/mol. The van der Waals surface area contributed by atoms with Crippen molar-refractivity contribution in [2.24, 2.45) is 7.05 Å². The molecule has 5 heterocycles. The minimum atomic E-state index is -0.420. The van der Waals surface area contributed by atoms with Crippen LogP contribution < -0.4 is 0 Å². The second kappa shape index (κ2) is 6.34. The second-order valence-electron chi connectivity index (χ2n) is 6.32. The van der Waals surface area contributed by atoms with Gasteiger partial charge in [-0.3, -0.25) is 9.97 Å². The maximum atomic E-state index is 14.5. The Labute approximate surface area is 159 Å². The highest BCUT2D eigenvalue weighted by molar-refractivity contribution is 5.89. The van der Waals surface area contributed by atoms with Crippen LogP contribution in [0.25, 0.3) is 45.1 Å². The van der Waals surface area contributed by atoms with Gasteiger partial charge in [0.15, 0.2) is 11.5 Å². The Morgan fingerprint density at radius 1 is 0.964 bits per heavy atom. The number of aromatic amines is 1. The summed E-state index contributed by atoms with van der Waals surface area (Å²) in [5, 5.41) is 0. The lowest BCUT2D eigenvalue weighted by atomic mass is 10.0. The number of aromatic nitrogens is 7. The third-order valence-corrected chi connectivity index (χ3v) is 4.53. The van der Waals surface area contributed by atoms with Gasteiger partial charge in [0.1, 0.15) is 17.0 Å². The van der Waals surface area contributed by atoms with E-state index >= 15 is 0 Å². The van der Waals surface area contributed by atoms with E-state index in [-0.39, 0.29) is 0 Å². The van der Waals surface area contributed by atoms with Crippen molar-refractivity contribution in [1.29, 1.82) is 0 Å². The molecule has 5 rings (SSSR count). The van der Waals surface area contributed by atoms with Crippen molar-refractivity contribution in [1.82, 2.24) is 34.5 Å². The van der Waals surface area contributed by atoms with Gasteiger partial charge in [-0.1, -0.05) is 0 Å². The lowest BCUT2D eigenvalue weighted by Crippen LogP contribution is -1.94. The molecule has 0 saturated heterocycles. The summed E-state index contributed by atoms with van der Waals surface area (Å²) in [4.78, 5) is 24.8. The minimum absolute atomic E-state index is 0.410. The summed E-state index contributed by atoms with van der Waals surface area (Å²) in [7, 11) is 1.89. The molecule has 0 aliphatic heterocycles. The summed E-state index contributed by atoms with van der Waals surface area (Å²) in [6.07, 6.45) is 9.57. The third-order valence-electron chi connectivity index (χ3n) is 4.53. The standard InChI is InChI=1S/C20H14FN7/c1-28-11-24-10-17(28)20-25-16-7-14(13-4-6-23-9-15(13)21)18(26-19(16)27-20)12-3-2-5-22-8-12/h2-11H,1H3,(H,25,26,27). The molecule has 0 radical (unpaired) electrons. The molecule has 1 N–H and O–H groups in total. The number of aryl methyl sites for hydroxylation is 1. The van der Waals surface area contributed by atoms with E-state index in [2.05, 4.69) is 24.9 Å². The average molecular weight is 371 g/mol. The highest BCUT2D eigenvalue weighted by atomic mass is 19.1. The molecule has 28 heavy (non-hydrogen) atoms. The van der Waals surface area contributed by atoms with Crippen LogP contribution in [0.5, 0.6) is 0 Å². The summed E-state index contributed by atoms with van der Waals surface area (Å²) in [6.45, 7) is 0. The van der Waals surface area contributed by atoms with Gasteiger partial charge in [-0.2, -0.15) is 0 Å². The highest BCUT2D eigenvalue weighted by Crippen LogP contribution is 2.34. The van der Waals surface area contributed by atoms with Crippen molar-refractivity contribution < 1.29 is 4.39 Å². The molecule has 0 aliphatic rings. The quantitative estimate of drug-likeness (QED) is 0.524. The maximum absolute atomic E-state index is 14.5. The molecule has 0 spiro atoms. The van der Waals surface area contributed by atoms with Crippen LogP contribution in [0.1, 0.15) is 0 Å². The summed E-state index contributed by atoms with van der Waals surface area (Å²) in [5.74, 6) is 0.225. The number of halogens is 1. The Morgan fingerprint density at radius 3 is 2.61 bits per heavy atom. The lowest BCUT2D eigenvalue weighted by molar-refractivity contribution is 0.625. The van der Waals surface area contributed by atoms with E-state index in [1.165, 1.54) is 6.20 Å². The van der Waals surface area contributed by atoms with Gasteiger partial charge in [0.2, 0.25) is 0 Å². The molecule has 0 fully saturated rings. The number of imidazole rings is 2. The molecule has 0 aromatic carbocycles. The SMILES string of the molecule is Cn1cncc1-c1nc2cc(-c3ccncc3F)c(-c3cccnc3)nc2[nH]1. The number of hydrogen-bond donors (Lipinski definition) is 1. The Kier molecular flexibility index (Phi) is 3.68. The predicted octanol–water partition coefficient (Wildman–Crippen LogP) is 3.62. The smallest absolute Gasteiger partial charge is 0.158 e. The van der Waals surface area contributed by atoms with Gasteiger partial charge in [-0.05, 0) is 24.3 Å². The number of H-pyrrole nitrogens is 1. The van der Waals surface area contributed by atoms with Gasteiger partial charge < -0.3 is 9.55 Å². The van der Waals surface area contributed by atoms with Gasteiger partial charge >= 0.3 is 0 Å². The van der Waals surface area contributed by atoms with Gasteiger partial charge in [0, 0.05) is 42.3 Å². The summed E-state index contributed by atoms with van der Waals surface area (Å²) in [5.41, 5.74) is 4.51. The summed E-state index contributed by atoms with van der Waals surface area (Å²) >= 11 is 0. The molecule has 8 heteroatoms. The van der Waals surface area contributed by atoms with Crippen molar-refractivity contribution in [2.75, 3.05) is 0 Å². The van der Waals surface area contributed by atoms with Crippen LogP contribution in [-0.2, 0) is 7.05 Å². The zero-order valence-corrected chi connectivity index (χ0v) is 14.8. The second-order valence-corrected chi connectivity index (χ2v) is 6.32. The average Bonchev–Trinajstić information content (AvgIpc) is 3.33. The van der Waals surface area contributed by atoms with Gasteiger partial charge in [0.25, 0.3) is 0 Å². The van der Waals surface area contributed by atoms with Crippen molar-refractivity contribution in [3.63, 3.8) is 0 Å². The fraction of sp³-hybridized carbons (Fsp3) is 0.0500. The fourth-order valence-electron chi connectivity index (χ4n) is 3.17. The van der Waals surface area contributed by atoms with E-state index in [0.717, 1.165) is 11.3 Å². The summed E-state index contributed by atoms with van der Waals surface area (Å²) in [6, 6.07) is 7.18. The molecule has 5 aromatic heterocycles. The van der Waals surface area contributed by atoms with E-state index in [9.17, 15) is 4.39 Å². The van der Waals surface area contributed by atoms with E-state index in [0.29, 0.717) is 33.8 Å². The number of hydrogen-bond acceptors (Lipinski definition) is 5. The Balaban J connectivity index is 1.79. The third kappa shape index (κ3) is 2.62. The molecule has 0 bridgehead atoms. The van der Waals surface area contributed by atoms with Crippen molar-refractivity contribution in [2.45, 2.75) is 0 Å². The molecule has 0 amide bonds. The Morgan fingerprint density at radius 2 is 1.86 bits per heavy atom. The Hall–Kier alpha value is -3.94. The summed E-state index contributed by atoms with van der Waals surface area (Å²) < 4.78 is 16.4. The number of fused-ring (bicyclic) bond motifs is 1. The number of rotatable bonds is 3. The first-order valence-corrected chi connectivity index (χ1v) is 8.58. The highest BCUT2D eigenvalue weighted by Gasteiger charge is 2.17.